The molecule has 4 rings (SSSR count). The number of alkyl halides is 3. The van der Waals surface area contributed by atoms with Crippen LogP contribution in [-0.2, 0) is 13.2 Å². The van der Waals surface area contributed by atoms with Gasteiger partial charge >= 0.3 is 12.1 Å². The van der Waals surface area contributed by atoms with Crippen LogP contribution in [0.4, 0.5) is 13.2 Å². The first-order chi connectivity index (χ1) is 13.2. The first-order valence-corrected chi connectivity index (χ1v) is 7.97. The Morgan fingerprint density at radius 2 is 1.89 bits per heavy atom. The van der Waals surface area contributed by atoms with E-state index >= 15 is 0 Å². The third kappa shape index (κ3) is 2.70. The molecule has 0 saturated carbocycles. The summed E-state index contributed by atoms with van der Waals surface area (Å²) in [6.07, 6.45) is -3.19. The van der Waals surface area contributed by atoms with Crippen molar-refractivity contribution >= 4 is 27.9 Å². The van der Waals surface area contributed by atoms with Gasteiger partial charge in [0, 0.05) is 24.0 Å². The molecule has 0 unspecified atom stereocenters. The molecule has 7 nitrogen and oxygen atoms in total. The number of benzene rings is 1. The fourth-order valence-corrected chi connectivity index (χ4v) is 3.05. The molecule has 10 heteroatoms. The minimum Gasteiger partial charge on any atom is -0.478 e. The fraction of sp³-hybridized carbons (Fsp3) is 0.111. The third-order valence-corrected chi connectivity index (χ3v) is 4.25. The molecular weight excluding hydrogens is 377 g/mol. The lowest BCUT2D eigenvalue weighted by molar-refractivity contribution is -0.141. The van der Waals surface area contributed by atoms with Gasteiger partial charge in [0.25, 0.3) is 5.56 Å². The van der Waals surface area contributed by atoms with Crippen LogP contribution in [0.25, 0.3) is 27.6 Å². The Hall–Kier alpha value is -3.69. The van der Waals surface area contributed by atoms with E-state index in [9.17, 15) is 27.9 Å². The molecule has 0 bridgehead atoms. The summed E-state index contributed by atoms with van der Waals surface area (Å²) in [5.74, 6) is -1.23. The second-order valence-electron chi connectivity index (χ2n) is 6.13. The van der Waals surface area contributed by atoms with Crippen molar-refractivity contribution < 1.29 is 23.1 Å². The second-order valence-corrected chi connectivity index (χ2v) is 6.13. The van der Waals surface area contributed by atoms with E-state index in [1.165, 1.54) is 41.2 Å². The van der Waals surface area contributed by atoms with Gasteiger partial charge in [0.05, 0.1) is 11.3 Å². The zero-order valence-corrected chi connectivity index (χ0v) is 14.2. The van der Waals surface area contributed by atoms with Gasteiger partial charge in [-0.05, 0) is 30.3 Å². The Labute approximate surface area is 154 Å². The first-order valence-electron chi connectivity index (χ1n) is 7.97. The summed E-state index contributed by atoms with van der Waals surface area (Å²) < 4.78 is 41.9. The quantitative estimate of drug-likeness (QED) is 0.570. The summed E-state index contributed by atoms with van der Waals surface area (Å²) in [7, 11) is 1.58. The van der Waals surface area contributed by atoms with Crippen LogP contribution in [0.1, 0.15) is 16.1 Å². The van der Waals surface area contributed by atoms with Gasteiger partial charge in [0.1, 0.15) is 11.3 Å². The number of halogens is 3. The fourth-order valence-electron chi connectivity index (χ4n) is 3.05. The maximum Gasteiger partial charge on any atom is 0.433 e. The average Bonchev–Trinajstić information content (AvgIpc) is 3.03. The Balaban J connectivity index is 2.18. The Bertz CT molecular complexity index is 1320. The molecule has 0 fully saturated rings. The van der Waals surface area contributed by atoms with E-state index in [2.05, 4.69) is 10.1 Å². The van der Waals surface area contributed by atoms with Gasteiger partial charge < -0.3 is 5.11 Å². The number of aromatic nitrogens is 4. The summed E-state index contributed by atoms with van der Waals surface area (Å²) in [6.45, 7) is 0. The highest BCUT2D eigenvalue weighted by atomic mass is 19.4. The highest BCUT2D eigenvalue weighted by Gasteiger charge is 2.33. The monoisotopic (exact) mass is 388 g/mol. The molecule has 142 valence electrons. The van der Waals surface area contributed by atoms with E-state index in [-0.39, 0.29) is 27.8 Å². The lowest BCUT2D eigenvalue weighted by Gasteiger charge is -2.13. The highest BCUT2D eigenvalue weighted by molar-refractivity contribution is 6.03. The number of carboxylic acids is 1. The van der Waals surface area contributed by atoms with Crippen LogP contribution < -0.4 is 5.56 Å². The normalized spacial score (nSPS) is 12.0. The zero-order chi connectivity index (χ0) is 20.2. The topological polar surface area (TPSA) is 90.0 Å². The number of fused-ring (bicyclic) bond motifs is 3. The Morgan fingerprint density at radius 3 is 2.57 bits per heavy atom. The van der Waals surface area contributed by atoms with E-state index in [1.807, 2.05) is 0 Å². The molecule has 0 spiro atoms. The molecule has 0 atom stereocenters. The molecule has 0 aliphatic rings. The summed E-state index contributed by atoms with van der Waals surface area (Å²) in [5.41, 5.74) is -2.09. The van der Waals surface area contributed by atoms with Crippen LogP contribution >= 0.6 is 0 Å². The summed E-state index contributed by atoms with van der Waals surface area (Å²) in [6, 6.07) is 7.38. The lowest BCUT2D eigenvalue weighted by atomic mass is 10.1. The number of hydrogen-bond acceptors (Lipinski definition) is 4. The van der Waals surface area contributed by atoms with Gasteiger partial charge in [-0.3, -0.25) is 14.0 Å². The largest absolute Gasteiger partial charge is 0.478 e. The van der Waals surface area contributed by atoms with Gasteiger partial charge in [-0.2, -0.15) is 18.3 Å². The maximum absolute atomic E-state index is 13.2. The maximum atomic E-state index is 13.2. The van der Waals surface area contributed by atoms with Gasteiger partial charge in [0.15, 0.2) is 5.52 Å². The number of rotatable bonds is 2. The van der Waals surface area contributed by atoms with E-state index < -0.39 is 23.4 Å². The molecule has 0 radical (unpaired) electrons. The number of pyridine rings is 2. The van der Waals surface area contributed by atoms with Crippen LogP contribution in [0.5, 0.6) is 0 Å². The molecule has 0 aliphatic heterocycles. The molecule has 4 aromatic rings. The van der Waals surface area contributed by atoms with E-state index in [4.69, 9.17) is 0 Å². The molecule has 0 saturated heterocycles. The van der Waals surface area contributed by atoms with Gasteiger partial charge in [0.2, 0.25) is 0 Å². The van der Waals surface area contributed by atoms with Crippen LogP contribution in [-0.4, -0.2) is 30.4 Å². The first kappa shape index (κ1) is 17.7. The number of hydrogen-bond donors (Lipinski definition) is 1. The van der Waals surface area contributed by atoms with Crippen LogP contribution in [0.3, 0.4) is 0 Å². The smallest absolute Gasteiger partial charge is 0.433 e. The predicted octanol–water partition coefficient (Wildman–Crippen LogP) is 2.99. The Kier molecular flexibility index (Phi) is 3.74. The summed E-state index contributed by atoms with van der Waals surface area (Å²) in [5, 5.41) is 13.9. The molecule has 0 amide bonds. The number of nitrogens with zero attached hydrogens (tertiary/aromatic N) is 4. The number of aromatic carboxylic acids is 1. The van der Waals surface area contributed by atoms with Crippen molar-refractivity contribution in [2.75, 3.05) is 0 Å². The van der Waals surface area contributed by atoms with Gasteiger partial charge in [-0.15, -0.1) is 0 Å². The van der Waals surface area contributed by atoms with Crippen molar-refractivity contribution in [3.63, 3.8) is 0 Å². The lowest BCUT2D eigenvalue weighted by Crippen LogP contribution is -2.21. The molecule has 1 aromatic carbocycles. The Morgan fingerprint density at radius 1 is 1.14 bits per heavy atom. The predicted molar refractivity (Wildman–Crippen MR) is 93.6 cm³/mol. The molecule has 3 heterocycles. The van der Waals surface area contributed by atoms with Crippen molar-refractivity contribution in [2.45, 2.75) is 6.18 Å². The standard InChI is InChI=1S/C18H11F3N4O3/c1-24-8-12-11-5-6-13(18(19,20)21)22-15(11)25(16(26)14(12)23-24)10-4-2-3-9(7-10)17(27)28/h2-8H,1H3,(H,27,28). The van der Waals surface area contributed by atoms with Crippen molar-refractivity contribution in [3.8, 4) is 5.69 Å². The SMILES string of the molecule is Cn1cc2c(n1)c(=O)n(-c1cccc(C(=O)O)c1)c1nc(C(F)(F)F)ccc21. The van der Waals surface area contributed by atoms with Gasteiger partial charge in [-0.1, -0.05) is 6.07 Å². The number of carbonyl (C=O) groups is 1. The van der Waals surface area contributed by atoms with E-state index in [0.29, 0.717) is 5.39 Å². The molecule has 28 heavy (non-hydrogen) atoms. The van der Waals surface area contributed by atoms with Crippen LogP contribution in [0.15, 0.2) is 47.4 Å². The number of aryl methyl sites for hydroxylation is 1. The summed E-state index contributed by atoms with van der Waals surface area (Å²) >= 11 is 0. The van der Waals surface area contributed by atoms with Crippen molar-refractivity contribution in [1.82, 2.24) is 19.3 Å². The minimum atomic E-state index is -4.71. The van der Waals surface area contributed by atoms with E-state index in [0.717, 1.165) is 10.6 Å². The molecular formula is C18H11F3N4O3. The third-order valence-electron chi connectivity index (χ3n) is 4.25. The van der Waals surface area contributed by atoms with Gasteiger partial charge in [-0.25, -0.2) is 9.78 Å². The summed E-state index contributed by atoms with van der Waals surface area (Å²) in [4.78, 5) is 28.0. The number of carboxylic acid groups (broad SMARTS) is 1. The molecule has 3 aromatic heterocycles. The van der Waals surface area contributed by atoms with Crippen LogP contribution in [0, 0.1) is 0 Å². The zero-order valence-electron chi connectivity index (χ0n) is 14.2. The van der Waals surface area contributed by atoms with Crippen molar-refractivity contribution in [2.24, 2.45) is 7.05 Å². The van der Waals surface area contributed by atoms with E-state index in [1.54, 1.807) is 7.05 Å². The minimum absolute atomic E-state index is 0.0392. The van der Waals surface area contributed by atoms with Crippen molar-refractivity contribution in [1.29, 1.82) is 0 Å². The molecule has 1 N–H and O–H groups in total. The molecule has 0 aliphatic carbocycles. The van der Waals surface area contributed by atoms with Crippen LogP contribution in [0.2, 0.25) is 0 Å². The second kappa shape index (κ2) is 5.91. The highest BCUT2D eigenvalue weighted by Crippen LogP contribution is 2.31. The average molecular weight is 388 g/mol. The van der Waals surface area contributed by atoms with Crippen molar-refractivity contribution in [3.05, 3.63) is 64.2 Å².